The number of nitrogens with zero attached hydrogens (tertiary/aromatic N) is 4. The number of nitrogens with one attached hydrogen (secondary N) is 1. The van der Waals surface area contributed by atoms with Gasteiger partial charge in [0.25, 0.3) is 0 Å². The molecule has 1 aromatic carbocycles. The molecule has 0 fully saturated rings. The highest BCUT2D eigenvalue weighted by Crippen LogP contribution is 2.43. The number of aromatic amines is 1. The first-order chi connectivity index (χ1) is 15.6. The summed E-state index contributed by atoms with van der Waals surface area (Å²) >= 11 is 0. The van der Waals surface area contributed by atoms with Gasteiger partial charge in [-0.3, -0.25) is 10.5 Å². The number of pyridine rings is 1. The maximum atomic E-state index is 13.7. The number of alkyl halides is 3. The summed E-state index contributed by atoms with van der Waals surface area (Å²) in [5.74, 6) is 0. The SMILES string of the molecule is CN(C)CCN(C)c1cc(N)c(C=[NH2+])c2c3c(c(-c4cn[nH]c4C(F)(F)F)nc12)CCCC3. The number of H-pyrrole nitrogens is 1. The number of anilines is 2. The van der Waals surface area contributed by atoms with Gasteiger partial charge in [-0.1, -0.05) is 0 Å². The number of nitrogen functional groups attached to an aromatic ring is 1. The Bertz CT molecular complexity index is 1200. The van der Waals surface area contributed by atoms with Crippen LogP contribution >= 0.6 is 0 Å². The van der Waals surface area contributed by atoms with Crippen LogP contribution in [0.25, 0.3) is 22.2 Å². The van der Waals surface area contributed by atoms with Gasteiger partial charge in [0.1, 0.15) is 5.69 Å². The molecule has 0 radical (unpaired) electrons. The Morgan fingerprint density at radius 1 is 1.15 bits per heavy atom. The number of hydrogen-bond acceptors (Lipinski definition) is 5. The summed E-state index contributed by atoms with van der Waals surface area (Å²) in [6.45, 7) is 1.49. The van der Waals surface area contributed by atoms with E-state index >= 15 is 0 Å². The average Bonchev–Trinajstić information content (AvgIpc) is 3.27. The van der Waals surface area contributed by atoms with Gasteiger partial charge in [-0.05, 0) is 57.0 Å². The van der Waals surface area contributed by atoms with E-state index in [1.54, 1.807) is 0 Å². The third kappa shape index (κ3) is 4.15. The number of halogens is 3. The molecule has 2 heterocycles. The fourth-order valence-electron chi connectivity index (χ4n) is 4.58. The predicted molar refractivity (Wildman–Crippen MR) is 124 cm³/mol. The lowest BCUT2D eigenvalue weighted by atomic mass is 9.84. The van der Waals surface area contributed by atoms with Crippen LogP contribution in [0.5, 0.6) is 0 Å². The number of aromatic nitrogens is 3. The predicted octanol–water partition coefficient (Wildman–Crippen LogP) is 2.28. The van der Waals surface area contributed by atoms with Crippen molar-refractivity contribution in [2.45, 2.75) is 31.9 Å². The van der Waals surface area contributed by atoms with Crippen molar-refractivity contribution in [2.75, 3.05) is 44.9 Å². The van der Waals surface area contributed by atoms with Crippen molar-refractivity contribution < 1.29 is 18.6 Å². The molecule has 0 saturated carbocycles. The second-order valence-corrected chi connectivity index (χ2v) is 8.79. The molecule has 1 aliphatic rings. The van der Waals surface area contributed by atoms with Crippen molar-refractivity contribution in [1.29, 1.82) is 0 Å². The van der Waals surface area contributed by atoms with Crippen LogP contribution in [0.3, 0.4) is 0 Å². The topological polar surface area (TPSA) is 99.7 Å². The van der Waals surface area contributed by atoms with Crippen molar-refractivity contribution in [3.8, 4) is 11.3 Å². The second kappa shape index (κ2) is 8.66. The number of aryl methyl sites for hydroxylation is 1. The first-order valence-electron chi connectivity index (χ1n) is 10.9. The molecule has 0 aliphatic heterocycles. The molecule has 0 atom stereocenters. The van der Waals surface area contributed by atoms with Crippen molar-refractivity contribution in [3.63, 3.8) is 0 Å². The molecule has 5 N–H and O–H groups in total. The highest BCUT2D eigenvalue weighted by atomic mass is 19.4. The lowest BCUT2D eigenvalue weighted by Gasteiger charge is -2.27. The molecule has 1 aliphatic carbocycles. The molecule has 3 aromatic rings. The third-order valence-corrected chi connectivity index (χ3v) is 6.27. The van der Waals surface area contributed by atoms with E-state index in [0.717, 1.165) is 48.0 Å². The van der Waals surface area contributed by atoms with E-state index in [0.29, 0.717) is 35.4 Å². The fourth-order valence-corrected chi connectivity index (χ4v) is 4.58. The summed E-state index contributed by atoms with van der Waals surface area (Å²) in [4.78, 5) is 8.95. The van der Waals surface area contributed by atoms with Gasteiger partial charge in [0.15, 0.2) is 6.21 Å². The lowest BCUT2D eigenvalue weighted by Crippen LogP contribution is -2.31. The number of rotatable bonds is 6. The van der Waals surface area contributed by atoms with E-state index in [-0.39, 0.29) is 5.56 Å². The standard InChI is InChI=1S/C23H28F3N7/c1-32(2)8-9-33(3)18-10-17(28)15(11-27)19-13-6-4-5-7-14(13)20(30-21(18)19)16-12-29-31-22(16)23(24,25)26/h10-12,27H,4-9,28H2,1-3H3,(H,29,31)/p+1. The molecule has 0 bridgehead atoms. The first-order valence-corrected chi connectivity index (χ1v) is 10.9. The molecular formula is C23H29F3N7+. The van der Waals surface area contributed by atoms with Gasteiger partial charge in [-0.25, -0.2) is 4.98 Å². The van der Waals surface area contributed by atoms with Gasteiger partial charge in [0, 0.05) is 31.2 Å². The van der Waals surface area contributed by atoms with Crippen molar-refractivity contribution in [3.05, 3.63) is 34.6 Å². The number of likely N-dealkylation sites (N-methyl/N-ethyl adjacent to an activating group) is 2. The smallest absolute Gasteiger partial charge is 0.398 e. The van der Waals surface area contributed by atoms with E-state index in [1.165, 1.54) is 12.4 Å². The minimum atomic E-state index is -4.56. The highest BCUT2D eigenvalue weighted by Gasteiger charge is 2.37. The summed E-state index contributed by atoms with van der Waals surface area (Å²) in [5.41, 5.74) is 10.2. The average molecular weight is 461 g/mol. The molecule has 0 spiro atoms. The Kier molecular flexibility index (Phi) is 6.04. The van der Waals surface area contributed by atoms with E-state index < -0.39 is 11.9 Å². The zero-order valence-electron chi connectivity index (χ0n) is 19.1. The van der Waals surface area contributed by atoms with Crippen LogP contribution in [0, 0.1) is 0 Å². The van der Waals surface area contributed by atoms with Gasteiger partial charge in [-0.2, -0.15) is 18.3 Å². The summed E-state index contributed by atoms with van der Waals surface area (Å²) in [6, 6.07) is 1.81. The maximum Gasteiger partial charge on any atom is 0.433 e. The fraction of sp³-hybridized carbons (Fsp3) is 0.435. The summed E-state index contributed by atoms with van der Waals surface area (Å²) < 4.78 is 41.2. The van der Waals surface area contributed by atoms with Crippen LogP contribution < -0.4 is 16.0 Å². The van der Waals surface area contributed by atoms with Crippen LogP contribution in [0.4, 0.5) is 24.5 Å². The normalized spacial score (nSPS) is 14.0. The minimum Gasteiger partial charge on any atom is -0.398 e. The molecular weight excluding hydrogens is 431 g/mol. The van der Waals surface area contributed by atoms with Gasteiger partial charge in [0.2, 0.25) is 0 Å². The third-order valence-electron chi connectivity index (χ3n) is 6.27. The van der Waals surface area contributed by atoms with Gasteiger partial charge in [0.05, 0.1) is 34.2 Å². The molecule has 10 heteroatoms. The zero-order chi connectivity index (χ0) is 23.9. The van der Waals surface area contributed by atoms with Crippen LogP contribution in [-0.2, 0) is 19.0 Å². The maximum absolute atomic E-state index is 13.7. The van der Waals surface area contributed by atoms with Crippen molar-refractivity contribution in [1.82, 2.24) is 20.1 Å². The minimum absolute atomic E-state index is 0.0282. The van der Waals surface area contributed by atoms with Crippen molar-refractivity contribution >= 4 is 28.5 Å². The summed E-state index contributed by atoms with van der Waals surface area (Å²) in [6.07, 6.45) is 1.31. The zero-order valence-corrected chi connectivity index (χ0v) is 19.1. The van der Waals surface area contributed by atoms with E-state index in [2.05, 4.69) is 15.1 Å². The number of benzene rings is 1. The summed E-state index contributed by atoms with van der Waals surface area (Å²) in [7, 11) is 5.90. The Morgan fingerprint density at radius 2 is 1.85 bits per heavy atom. The van der Waals surface area contributed by atoms with Gasteiger partial charge >= 0.3 is 6.18 Å². The van der Waals surface area contributed by atoms with Crippen LogP contribution in [-0.4, -0.2) is 60.5 Å². The number of hydrogen-bond donors (Lipinski definition) is 3. The Labute approximate surface area is 190 Å². The molecule has 0 unspecified atom stereocenters. The summed E-state index contributed by atoms with van der Waals surface area (Å²) in [5, 5.41) is 12.6. The number of nitrogens with two attached hydrogens (primary N) is 2. The Hall–Kier alpha value is -3.14. The van der Waals surface area contributed by atoms with Crippen molar-refractivity contribution in [2.24, 2.45) is 0 Å². The molecule has 2 aromatic heterocycles. The Morgan fingerprint density at radius 3 is 2.48 bits per heavy atom. The van der Waals surface area contributed by atoms with Gasteiger partial charge in [-0.15, -0.1) is 0 Å². The van der Waals surface area contributed by atoms with Gasteiger partial charge < -0.3 is 15.5 Å². The monoisotopic (exact) mass is 460 g/mol. The van der Waals surface area contributed by atoms with Crippen LogP contribution in [0.2, 0.25) is 0 Å². The van der Waals surface area contributed by atoms with E-state index in [9.17, 15) is 13.2 Å². The highest BCUT2D eigenvalue weighted by molar-refractivity contribution is 6.09. The molecule has 176 valence electrons. The Balaban J connectivity index is 2.06. The molecule has 4 rings (SSSR count). The van der Waals surface area contributed by atoms with E-state index in [1.807, 2.05) is 32.1 Å². The van der Waals surface area contributed by atoms with E-state index in [4.69, 9.17) is 16.1 Å². The first kappa shape index (κ1) is 23.0. The quantitative estimate of drug-likeness (QED) is 0.387. The molecule has 33 heavy (non-hydrogen) atoms. The molecule has 7 nitrogen and oxygen atoms in total. The van der Waals surface area contributed by atoms with Crippen LogP contribution in [0.1, 0.15) is 35.2 Å². The molecule has 0 amide bonds. The largest absolute Gasteiger partial charge is 0.433 e. The van der Waals surface area contributed by atoms with Crippen LogP contribution in [0.15, 0.2) is 12.3 Å². The molecule has 0 saturated heterocycles. The lowest BCUT2D eigenvalue weighted by molar-refractivity contribution is -0.140. The number of fused-ring (bicyclic) bond motifs is 3. The second-order valence-electron chi connectivity index (χ2n) is 8.79.